The molecule has 0 radical (unpaired) electrons. The molecule has 0 bridgehead atoms. The van der Waals surface area contributed by atoms with Gasteiger partial charge in [0.05, 0.1) is 18.9 Å². The van der Waals surface area contributed by atoms with Crippen molar-refractivity contribution in [3.05, 3.63) is 18.2 Å². The van der Waals surface area contributed by atoms with Crippen molar-refractivity contribution in [3.63, 3.8) is 0 Å². The number of aromatic amines is 1. The Balaban J connectivity index is 1.76. The molecule has 11 heteroatoms. The van der Waals surface area contributed by atoms with E-state index in [9.17, 15) is 24.3 Å². The number of carbonyl (C=O) groups is 4. The standard InChI is InChI=1S/C16H24N6O5/c1-9(21-13(23)7-19-15(25)11-3-2-4-18-11)14(24)22-12(16(26)27)5-10-6-17-8-20-10/h6,8-9,11-12,18H,2-5,7H2,1H3,(H,17,20)(H,19,25)(H,21,23)(H,22,24)(H,26,27)/t9-,11-,12-/m0/s1. The molecule has 1 aliphatic rings. The number of imidazole rings is 1. The number of aliphatic carboxylic acids is 1. The van der Waals surface area contributed by atoms with Gasteiger partial charge in [-0.1, -0.05) is 0 Å². The molecule has 1 saturated heterocycles. The van der Waals surface area contributed by atoms with Gasteiger partial charge in [-0.05, 0) is 26.3 Å². The van der Waals surface area contributed by atoms with Crippen LogP contribution in [0, 0.1) is 0 Å². The Morgan fingerprint density at radius 3 is 2.70 bits per heavy atom. The number of hydrogen-bond donors (Lipinski definition) is 6. The zero-order valence-electron chi connectivity index (χ0n) is 14.9. The highest BCUT2D eigenvalue weighted by atomic mass is 16.4. The van der Waals surface area contributed by atoms with Gasteiger partial charge in [0.25, 0.3) is 0 Å². The molecular formula is C16H24N6O5. The highest BCUT2D eigenvalue weighted by Crippen LogP contribution is 2.04. The predicted octanol–water partition coefficient (Wildman–Crippen LogP) is -2.11. The summed E-state index contributed by atoms with van der Waals surface area (Å²) in [6.07, 6.45) is 4.54. The molecule has 1 aliphatic heterocycles. The highest BCUT2D eigenvalue weighted by Gasteiger charge is 2.25. The summed E-state index contributed by atoms with van der Waals surface area (Å²) in [5, 5.41) is 19.6. The van der Waals surface area contributed by atoms with Gasteiger partial charge < -0.3 is 31.4 Å². The number of nitrogens with zero attached hydrogens (tertiary/aromatic N) is 1. The summed E-state index contributed by atoms with van der Waals surface area (Å²) in [6.45, 7) is 1.94. The van der Waals surface area contributed by atoms with Crippen LogP contribution in [0.5, 0.6) is 0 Å². The van der Waals surface area contributed by atoms with Gasteiger partial charge in [0.15, 0.2) is 0 Å². The predicted molar refractivity (Wildman–Crippen MR) is 93.5 cm³/mol. The summed E-state index contributed by atoms with van der Waals surface area (Å²) < 4.78 is 0. The highest BCUT2D eigenvalue weighted by molar-refractivity contribution is 5.92. The smallest absolute Gasteiger partial charge is 0.326 e. The van der Waals surface area contributed by atoms with Crippen LogP contribution < -0.4 is 21.3 Å². The van der Waals surface area contributed by atoms with Gasteiger partial charge in [0.1, 0.15) is 12.1 Å². The van der Waals surface area contributed by atoms with E-state index in [1.165, 1.54) is 19.4 Å². The van der Waals surface area contributed by atoms with E-state index < -0.39 is 29.9 Å². The third-order valence-electron chi connectivity index (χ3n) is 4.16. The molecule has 3 amide bonds. The lowest BCUT2D eigenvalue weighted by Crippen LogP contribution is -2.53. The fourth-order valence-electron chi connectivity index (χ4n) is 2.67. The molecule has 0 aliphatic carbocycles. The maximum absolute atomic E-state index is 12.2. The molecule has 0 saturated carbocycles. The summed E-state index contributed by atoms with van der Waals surface area (Å²) in [5.41, 5.74) is 0.558. The molecule has 1 fully saturated rings. The van der Waals surface area contributed by atoms with Crippen molar-refractivity contribution in [2.75, 3.05) is 13.1 Å². The van der Waals surface area contributed by atoms with Crippen LogP contribution in [0.2, 0.25) is 0 Å². The van der Waals surface area contributed by atoms with Crippen LogP contribution in [0.1, 0.15) is 25.5 Å². The number of amides is 3. The third kappa shape index (κ3) is 6.37. The van der Waals surface area contributed by atoms with E-state index in [4.69, 9.17) is 0 Å². The summed E-state index contributed by atoms with van der Waals surface area (Å²) in [6, 6.07) is -2.41. The maximum Gasteiger partial charge on any atom is 0.326 e. The fourth-order valence-corrected chi connectivity index (χ4v) is 2.67. The van der Waals surface area contributed by atoms with Crippen molar-refractivity contribution in [2.24, 2.45) is 0 Å². The van der Waals surface area contributed by atoms with E-state index in [-0.39, 0.29) is 24.9 Å². The van der Waals surface area contributed by atoms with E-state index in [0.29, 0.717) is 5.69 Å². The summed E-state index contributed by atoms with van der Waals surface area (Å²) in [7, 11) is 0. The molecule has 2 heterocycles. The zero-order valence-corrected chi connectivity index (χ0v) is 14.9. The van der Waals surface area contributed by atoms with Crippen LogP contribution >= 0.6 is 0 Å². The van der Waals surface area contributed by atoms with Gasteiger partial charge in [-0.3, -0.25) is 14.4 Å². The van der Waals surface area contributed by atoms with E-state index in [1.54, 1.807) is 0 Å². The van der Waals surface area contributed by atoms with Crippen molar-refractivity contribution in [1.82, 2.24) is 31.2 Å². The molecule has 3 atom stereocenters. The average Bonchev–Trinajstić information content (AvgIpc) is 3.32. The fraction of sp³-hybridized carbons (Fsp3) is 0.562. The van der Waals surface area contributed by atoms with E-state index >= 15 is 0 Å². The number of nitrogens with one attached hydrogen (secondary N) is 5. The van der Waals surface area contributed by atoms with Crippen LogP contribution in [0.25, 0.3) is 0 Å². The Morgan fingerprint density at radius 1 is 1.33 bits per heavy atom. The van der Waals surface area contributed by atoms with Gasteiger partial charge in [-0.2, -0.15) is 0 Å². The lowest BCUT2D eigenvalue weighted by atomic mass is 10.1. The summed E-state index contributed by atoms with van der Waals surface area (Å²) in [4.78, 5) is 53.8. The molecule has 0 aromatic carbocycles. The van der Waals surface area contributed by atoms with E-state index in [0.717, 1.165) is 19.4 Å². The Kier molecular flexibility index (Phi) is 7.29. The lowest BCUT2D eigenvalue weighted by Gasteiger charge is -2.18. The van der Waals surface area contributed by atoms with Gasteiger partial charge in [0.2, 0.25) is 17.7 Å². The molecule has 0 spiro atoms. The van der Waals surface area contributed by atoms with Gasteiger partial charge >= 0.3 is 5.97 Å². The monoisotopic (exact) mass is 380 g/mol. The largest absolute Gasteiger partial charge is 0.480 e. The second kappa shape index (κ2) is 9.67. The van der Waals surface area contributed by atoms with Gasteiger partial charge in [-0.15, -0.1) is 0 Å². The first-order valence-electron chi connectivity index (χ1n) is 8.67. The second-order valence-electron chi connectivity index (χ2n) is 6.34. The first-order valence-corrected chi connectivity index (χ1v) is 8.67. The Morgan fingerprint density at radius 2 is 2.11 bits per heavy atom. The summed E-state index contributed by atoms with van der Waals surface area (Å²) in [5.74, 6) is -2.64. The molecule has 1 aromatic heterocycles. The molecular weight excluding hydrogens is 356 g/mol. The molecule has 1 aromatic rings. The number of carbonyl (C=O) groups excluding carboxylic acids is 3. The zero-order chi connectivity index (χ0) is 19.8. The Labute approximate surface area is 155 Å². The first-order chi connectivity index (χ1) is 12.9. The van der Waals surface area contributed by atoms with Crippen molar-refractivity contribution in [2.45, 2.75) is 44.3 Å². The topological polar surface area (TPSA) is 165 Å². The van der Waals surface area contributed by atoms with Crippen molar-refractivity contribution >= 4 is 23.7 Å². The van der Waals surface area contributed by atoms with Crippen molar-refractivity contribution in [3.8, 4) is 0 Å². The quantitative estimate of drug-likeness (QED) is 0.285. The van der Waals surface area contributed by atoms with Crippen molar-refractivity contribution in [1.29, 1.82) is 0 Å². The van der Waals surface area contributed by atoms with Crippen LogP contribution in [0.15, 0.2) is 12.5 Å². The summed E-state index contributed by atoms with van der Waals surface area (Å²) >= 11 is 0. The maximum atomic E-state index is 12.2. The van der Waals surface area contributed by atoms with E-state index in [2.05, 4.69) is 31.2 Å². The average molecular weight is 380 g/mol. The number of carboxylic acids is 1. The molecule has 6 N–H and O–H groups in total. The number of rotatable bonds is 9. The Hall–Kier alpha value is -2.95. The molecule has 148 valence electrons. The van der Waals surface area contributed by atoms with Crippen LogP contribution in [0.4, 0.5) is 0 Å². The third-order valence-corrected chi connectivity index (χ3v) is 4.16. The van der Waals surface area contributed by atoms with Gasteiger partial charge in [-0.25, -0.2) is 9.78 Å². The van der Waals surface area contributed by atoms with Crippen LogP contribution in [0.3, 0.4) is 0 Å². The Bertz CT molecular complexity index is 671. The first kappa shape index (κ1) is 20.4. The van der Waals surface area contributed by atoms with Crippen LogP contribution in [-0.2, 0) is 25.6 Å². The normalized spacial score (nSPS) is 18.3. The number of hydrogen-bond acceptors (Lipinski definition) is 6. The van der Waals surface area contributed by atoms with Crippen molar-refractivity contribution < 1.29 is 24.3 Å². The molecule has 27 heavy (non-hydrogen) atoms. The van der Waals surface area contributed by atoms with E-state index in [1.807, 2.05) is 0 Å². The van der Waals surface area contributed by atoms with Gasteiger partial charge in [0, 0.05) is 18.3 Å². The number of H-pyrrole nitrogens is 1. The molecule has 2 rings (SSSR count). The SMILES string of the molecule is C[C@H](NC(=O)CNC(=O)[C@@H]1CCCN1)C(=O)N[C@@H](Cc1cnc[nH]1)C(=O)O. The number of carboxylic acid groups (broad SMARTS) is 1. The molecule has 11 nitrogen and oxygen atoms in total. The minimum Gasteiger partial charge on any atom is -0.480 e. The lowest BCUT2D eigenvalue weighted by molar-refractivity contribution is -0.142. The number of aromatic nitrogens is 2. The van der Waals surface area contributed by atoms with Crippen LogP contribution in [-0.4, -0.2) is 70.0 Å². The molecule has 0 unspecified atom stereocenters. The second-order valence-corrected chi connectivity index (χ2v) is 6.34. The minimum absolute atomic E-state index is 0.0339. The minimum atomic E-state index is -1.20.